The van der Waals surface area contributed by atoms with Gasteiger partial charge in [0.15, 0.2) is 0 Å². The number of aromatic nitrogens is 3. The van der Waals surface area contributed by atoms with E-state index in [9.17, 15) is 4.39 Å². The van der Waals surface area contributed by atoms with Crippen molar-refractivity contribution in [1.29, 1.82) is 0 Å². The zero-order chi connectivity index (χ0) is 13.8. The summed E-state index contributed by atoms with van der Waals surface area (Å²) in [7, 11) is 0. The lowest BCUT2D eigenvalue weighted by molar-refractivity contribution is 0.627. The first-order chi connectivity index (χ1) is 9.04. The third kappa shape index (κ3) is 3.78. The number of thioether (sulfide) groups is 1. The summed E-state index contributed by atoms with van der Waals surface area (Å²) in [6, 6.07) is 6.43. The van der Waals surface area contributed by atoms with Gasteiger partial charge in [-0.1, -0.05) is 12.1 Å². The molecule has 2 aromatic rings. The van der Waals surface area contributed by atoms with Gasteiger partial charge in [-0.15, -0.1) is 11.8 Å². The molecule has 1 heterocycles. The van der Waals surface area contributed by atoms with Crippen LogP contribution in [0.4, 0.5) is 16.3 Å². The maximum atomic E-state index is 12.8. The van der Waals surface area contributed by atoms with E-state index >= 15 is 0 Å². The Kier molecular flexibility index (Phi) is 4.16. The third-order valence-electron chi connectivity index (χ3n) is 2.52. The van der Waals surface area contributed by atoms with Gasteiger partial charge in [0.1, 0.15) is 11.6 Å². The van der Waals surface area contributed by atoms with E-state index in [4.69, 9.17) is 11.5 Å². The predicted octanol–water partition coefficient (Wildman–Crippen LogP) is 2.17. The summed E-state index contributed by atoms with van der Waals surface area (Å²) in [6.45, 7) is 2.03. The SMILES string of the molecule is C[C@@H](SCc1nc(N)nc(N)n1)c1ccc(F)cc1. The summed E-state index contributed by atoms with van der Waals surface area (Å²) >= 11 is 1.62. The molecule has 0 unspecified atom stereocenters. The van der Waals surface area contributed by atoms with Crippen molar-refractivity contribution < 1.29 is 4.39 Å². The van der Waals surface area contributed by atoms with Gasteiger partial charge in [-0.2, -0.15) is 15.0 Å². The van der Waals surface area contributed by atoms with Crippen molar-refractivity contribution in [3.8, 4) is 0 Å². The number of anilines is 2. The Bertz CT molecular complexity index is 540. The number of halogens is 1. The smallest absolute Gasteiger partial charge is 0.225 e. The van der Waals surface area contributed by atoms with Gasteiger partial charge in [0, 0.05) is 5.25 Å². The van der Waals surface area contributed by atoms with Gasteiger partial charge in [-0.05, 0) is 24.6 Å². The van der Waals surface area contributed by atoms with Crippen LogP contribution in [-0.2, 0) is 5.75 Å². The van der Waals surface area contributed by atoms with Crippen molar-refractivity contribution in [3.05, 3.63) is 41.5 Å². The van der Waals surface area contributed by atoms with Crippen LogP contribution in [-0.4, -0.2) is 15.0 Å². The van der Waals surface area contributed by atoms with Crippen LogP contribution in [0.5, 0.6) is 0 Å². The van der Waals surface area contributed by atoms with Crippen molar-refractivity contribution in [2.45, 2.75) is 17.9 Å². The second-order valence-electron chi connectivity index (χ2n) is 3.97. The second-order valence-corrected chi connectivity index (χ2v) is 5.30. The number of benzene rings is 1. The molecule has 0 amide bonds. The normalized spacial score (nSPS) is 12.3. The summed E-state index contributed by atoms with van der Waals surface area (Å²) in [5, 5.41) is 0.194. The van der Waals surface area contributed by atoms with Crippen molar-refractivity contribution in [2.75, 3.05) is 11.5 Å². The molecule has 19 heavy (non-hydrogen) atoms. The summed E-state index contributed by atoms with van der Waals surface area (Å²) < 4.78 is 12.8. The van der Waals surface area contributed by atoms with E-state index in [1.165, 1.54) is 12.1 Å². The maximum Gasteiger partial charge on any atom is 0.225 e. The van der Waals surface area contributed by atoms with Gasteiger partial charge in [0.2, 0.25) is 11.9 Å². The van der Waals surface area contributed by atoms with Gasteiger partial charge in [-0.3, -0.25) is 0 Å². The molecule has 0 saturated carbocycles. The van der Waals surface area contributed by atoms with Crippen molar-refractivity contribution in [3.63, 3.8) is 0 Å². The van der Waals surface area contributed by atoms with Crippen LogP contribution in [0, 0.1) is 5.82 Å². The van der Waals surface area contributed by atoms with Crippen LogP contribution < -0.4 is 11.5 Å². The fraction of sp³-hybridized carbons (Fsp3) is 0.250. The molecule has 0 bridgehead atoms. The molecule has 0 aliphatic heterocycles. The monoisotopic (exact) mass is 279 g/mol. The number of nitrogen functional groups attached to an aromatic ring is 2. The third-order valence-corrected chi connectivity index (χ3v) is 3.72. The molecular weight excluding hydrogens is 265 g/mol. The maximum absolute atomic E-state index is 12.8. The number of rotatable bonds is 4. The number of hydrogen-bond acceptors (Lipinski definition) is 6. The molecule has 0 aliphatic carbocycles. The van der Waals surface area contributed by atoms with Crippen LogP contribution >= 0.6 is 11.8 Å². The van der Waals surface area contributed by atoms with Crippen LogP contribution in [0.2, 0.25) is 0 Å². The minimum atomic E-state index is -0.237. The summed E-state index contributed by atoms with van der Waals surface area (Å²) in [6.07, 6.45) is 0. The van der Waals surface area contributed by atoms with E-state index in [-0.39, 0.29) is 23.0 Å². The molecule has 0 saturated heterocycles. The van der Waals surface area contributed by atoms with Crippen LogP contribution in [0.15, 0.2) is 24.3 Å². The molecular formula is C12H14FN5S. The molecule has 1 atom stereocenters. The van der Waals surface area contributed by atoms with E-state index in [0.29, 0.717) is 11.6 Å². The van der Waals surface area contributed by atoms with Gasteiger partial charge in [0.25, 0.3) is 0 Å². The molecule has 0 aliphatic rings. The van der Waals surface area contributed by atoms with E-state index in [0.717, 1.165) is 5.56 Å². The highest BCUT2D eigenvalue weighted by molar-refractivity contribution is 7.98. The second kappa shape index (κ2) is 5.83. The first-order valence-corrected chi connectivity index (χ1v) is 6.72. The van der Waals surface area contributed by atoms with E-state index < -0.39 is 0 Å². The van der Waals surface area contributed by atoms with Crippen molar-refractivity contribution >= 4 is 23.7 Å². The molecule has 0 radical (unpaired) electrons. The summed E-state index contributed by atoms with van der Waals surface area (Å²) in [5.41, 5.74) is 12.0. The minimum Gasteiger partial charge on any atom is -0.368 e. The molecule has 1 aromatic heterocycles. The fourth-order valence-electron chi connectivity index (χ4n) is 1.55. The highest BCUT2D eigenvalue weighted by Gasteiger charge is 2.09. The molecule has 7 heteroatoms. The van der Waals surface area contributed by atoms with Gasteiger partial charge in [0.05, 0.1) is 5.75 Å². The van der Waals surface area contributed by atoms with E-state index in [1.807, 2.05) is 6.92 Å². The number of hydrogen-bond donors (Lipinski definition) is 2. The lowest BCUT2D eigenvalue weighted by Gasteiger charge is -2.11. The molecule has 0 fully saturated rings. The Balaban J connectivity index is 1.99. The van der Waals surface area contributed by atoms with E-state index in [2.05, 4.69) is 15.0 Å². The van der Waals surface area contributed by atoms with E-state index in [1.54, 1.807) is 23.9 Å². The quantitative estimate of drug-likeness (QED) is 0.891. The summed E-state index contributed by atoms with van der Waals surface area (Å²) in [4.78, 5) is 11.7. The topological polar surface area (TPSA) is 90.7 Å². The van der Waals surface area contributed by atoms with Gasteiger partial charge in [-0.25, -0.2) is 4.39 Å². The highest BCUT2D eigenvalue weighted by Crippen LogP contribution is 2.30. The molecule has 0 spiro atoms. The van der Waals surface area contributed by atoms with Crippen LogP contribution in [0.1, 0.15) is 23.6 Å². The van der Waals surface area contributed by atoms with Gasteiger partial charge < -0.3 is 11.5 Å². The standard InChI is InChI=1S/C12H14FN5S/c1-7(8-2-4-9(13)5-3-8)19-6-10-16-11(14)18-12(15)17-10/h2-5,7H,6H2,1H3,(H4,14,15,16,17,18)/t7-/m1/s1. The fourth-order valence-corrected chi connectivity index (χ4v) is 2.43. The molecule has 1 aromatic carbocycles. The Morgan fingerprint density at radius 1 is 1.11 bits per heavy atom. The minimum absolute atomic E-state index is 0.123. The largest absolute Gasteiger partial charge is 0.368 e. The van der Waals surface area contributed by atoms with Crippen molar-refractivity contribution in [1.82, 2.24) is 15.0 Å². The Hall–Kier alpha value is -1.89. The predicted molar refractivity (Wildman–Crippen MR) is 74.8 cm³/mol. The highest BCUT2D eigenvalue weighted by atomic mass is 32.2. The molecule has 100 valence electrons. The molecule has 4 N–H and O–H groups in total. The number of nitrogens with zero attached hydrogens (tertiary/aromatic N) is 3. The summed E-state index contributed by atoms with van der Waals surface area (Å²) in [5.74, 6) is 1.12. The van der Waals surface area contributed by atoms with Crippen molar-refractivity contribution in [2.24, 2.45) is 0 Å². The molecule has 2 rings (SSSR count). The average molecular weight is 279 g/mol. The first-order valence-electron chi connectivity index (χ1n) is 5.67. The Morgan fingerprint density at radius 3 is 2.26 bits per heavy atom. The van der Waals surface area contributed by atoms with Gasteiger partial charge >= 0.3 is 0 Å². The molecule has 5 nitrogen and oxygen atoms in total. The van der Waals surface area contributed by atoms with Crippen LogP contribution in [0.3, 0.4) is 0 Å². The zero-order valence-corrected chi connectivity index (χ0v) is 11.2. The Labute approximate surface area is 114 Å². The Morgan fingerprint density at radius 2 is 1.68 bits per heavy atom. The zero-order valence-electron chi connectivity index (χ0n) is 10.4. The average Bonchev–Trinajstić information content (AvgIpc) is 2.36. The number of nitrogens with two attached hydrogens (primary N) is 2. The lowest BCUT2D eigenvalue weighted by atomic mass is 10.2. The lowest BCUT2D eigenvalue weighted by Crippen LogP contribution is -2.06. The van der Waals surface area contributed by atoms with Crippen LogP contribution in [0.25, 0.3) is 0 Å². The first kappa shape index (κ1) is 13.5.